The Morgan fingerprint density at radius 1 is 1.10 bits per heavy atom. The Morgan fingerprint density at radius 2 is 1.83 bits per heavy atom. The summed E-state index contributed by atoms with van der Waals surface area (Å²) >= 11 is 1.42. The zero-order valence-electron chi connectivity index (χ0n) is 17.5. The van der Waals surface area contributed by atoms with Gasteiger partial charge in [0, 0.05) is 36.0 Å². The Hall–Kier alpha value is -2.99. The van der Waals surface area contributed by atoms with Crippen LogP contribution in [-0.2, 0) is 11.3 Å². The number of benzene rings is 2. The van der Waals surface area contributed by atoms with E-state index in [1.807, 2.05) is 22.4 Å². The Morgan fingerprint density at radius 3 is 2.53 bits per heavy atom. The summed E-state index contributed by atoms with van der Waals surface area (Å²) in [5.74, 6) is 0.0203. The first kappa shape index (κ1) is 20.3. The molecule has 4 rings (SSSR count). The van der Waals surface area contributed by atoms with E-state index in [2.05, 4.69) is 43.2 Å². The first-order chi connectivity index (χ1) is 14.4. The third-order valence-corrected chi connectivity index (χ3v) is 6.36. The molecule has 0 bridgehead atoms. The summed E-state index contributed by atoms with van der Waals surface area (Å²) in [6, 6.07) is 11.7. The molecule has 1 aliphatic rings. The van der Waals surface area contributed by atoms with Gasteiger partial charge in [-0.05, 0) is 67.6 Å². The van der Waals surface area contributed by atoms with Crippen molar-refractivity contribution in [3.05, 3.63) is 69.6 Å². The van der Waals surface area contributed by atoms with Gasteiger partial charge in [0.25, 0.3) is 5.91 Å². The van der Waals surface area contributed by atoms with E-state index < -0.39 is 0 Å². The molecule has 3 aromatic rings. The first-order valence-corrected chi connectivity index (χ1v) is 11.0. The molecule has 5 nitrogen and oxygen atoms in total. The molecule has 0 atom stereocenters. The Balaban J connectivity index is 1.43. The van der Waals surface area contributed by atoms with Crippen LogP contribution >= 0.6 is 11.3 Å². The number of likely N-dealkylation sites (tertiary alicyclic amines) is 1. The smallest absolute Gasteiger partial charge is 0.257 e. The minimum Gasteiger partial charge on any atom is -0.338 e. The maximum atomic E-state index is 12.6. The van der Waals surface area contributed by atoms with E-state index in [9.17, 15) is 9.59 Å². The van der Waals surface area contributed by atoms with Crippen molar-refractivity contribution >= 4 is 28.3 Å². The molecule has 0 radical (unpaired) electrons. The molecule has 0 saturated carbocycles. The van der Waals surface area contributed by atoms with Crippen molar-refractivity contribution in [2.45, 2.75) is 40.2 Å². The number of carbonyl (C=O) groups is 2. The molecule has 2 aromatic carbocycles. The highest BCUT2D eigenvalue weighted by molar-refractivity contribution is 7.14. The summed E-state index contributed by atoms with van der Waals surface area (Å²) < 4.78 is 0. The van der Waals surface area contributed by atoms with Gasteiger partial charge in [0.1, 0.15) is 0 Å². The van der Waals surface area contributed by atoms with Crippen LogP contribution in [0.3, 0.4) is 0 Å². The van der Waals surface area contributed by atoms with Crippen molar-refractivity contribution in [1.29, 1.82) is 0 Å². The van der Waals surface area contributed by atoms with Crippen LogP contribution in [0.1, 0.15) is 45.5 Å². The van der Waals surface area contributed by atoms with E-state index in [1.54, 1.807) is 12.1 Å². The van der Waals surface area contributed by atoms with Crippen LogP contribution in [0.5, 0.6) is 0 Å². The molecule has 1 aromatic heterocycles. The number of nitrogens with one attached hydrogen (secondary N) is 1. The van der Waals surface area contributed by atoms with Crippen LogP contribution in [0.15, 0.2) is 41.8 Å². The van der Waals surface area contributed by atoms with E-state index >= 15 is 0 Å². The van der Waals surface area contributed by atoms with Crippen LogP contribution in [0.2, 0.25) is 0 Å². The van der Waals surface area contributed by atoms with Gasteiger partial charge in [0.2, 0.25) is 5.91 Å². The number of anilines is 1. The van der Waals surface area contributed by atoms with Crippen LogP contribution in [0, 0.1) is 20.8 Å². The second kappa shape index (κ2) is 8.40. The van der Waals surface area contributed by atoms with E-state index in [-0.39, 0.29) is 11.8 Å². The average molecular weight is 420 g/mol. The first-order valence-electron chi connectivity index (χ1n) is 10.1. The predicted octanol–water partition coefficient (Wildman–Crippen LogP) is 5.11. The van der Waals surface area contributed by atoms with E-state index in [1.165, 1.54) is 28.0 Å². The lowest BCUT2D eigenvalue weighted by atomic mass is 9.99. The third-order valence-electron chi connectivity index (χ3n) is 5.60. The molecule has 2 amide bonds. The molecule has 6 heteroatoms. The molecule has 1 fully saturated rings. The third kappa shape index (κ3) is 4.28. The molecule has 2 heterocycles. The van der Waals surface area contributed by atoms with Crippen molar-refractivity contribution in [1.82, 2.24) is 9.88 Å². The molecule has 1 N–H and O–H groups in total. The molecular formula is C24H25N3O2S. The van der Waals surface area contributed by atoms with Crippen LogP contribution in [-0.4, -0.2) is 28.2 Å². The van der Waals surface area contributed by atoms with Gasteiger partial charge in [-0.25, -0.2) is 4.98 Å². The van der Waals surface area contributed by atoms with Crippen molar-refractivity contribution in [3.8, 4) is 11.3 Å². The fourth-order valence-corrected chi connectivity index (χ4v) is 4.42. The van der Waals surface area contributed by atoms with Gasteiger partial charge in [0.05, 0.1) is 5.69 Å². The quantitative estimate of drug-likeness (QED) is 0.625. The number of aryl methyl sites for hydroxylation is 3. The maximum absolute atomic E-state index is 12.6. The number of nitrogens with zero attached hydrogens (tertiary/aromatic N) is 2. The minimum absolute atomic E-state index is 0.184. The summed E-state index contributed by atoms with van der Waals surface area (Å²) in [4.78, 5) is 30.9. The van der Waals surface area contributed by atoms with E-state index in [0.717, 1.165) is 29.8 Å². The molecule has 1 aliphatic heterocycles. The van der Waals surface area contributed by atoms with E-state index in [0.29, 0.717) is 23.7 Å². The van der Waals surface area contributed by atoms with Gasteiger partial charge in [-0.15, -0.1) is 11.3 Å². The fourth-order valence-electron chi connectivity index (χ4n) is 3.71. The molecule has 30 heavy (non-hydrogen) atoms. The van der Waals surface area contributed by atoms with Crippen LogP contribution < -0.4 is 5.32 Å². The molecule has 1 saturated heterocycles. The van der Waals surface area contributed by atoms with Gasteiger partial charge in [-0.1, -0.05) is 18.2 Å². The predicted molar refractivity (Wildman–Crippen MR) is 121 cm³/mol. The highest BCUT2D eigenvalue weighted by Crippen LogP contribution is 2.29. The lowest BCUT2D eigenvalue weighted by Gasteiger charge is -2.15. The molecule has 0 spiro atoms. The average Bonchev–Trinajstić information content (AvgIpc) is 3.34. The highest BCUT2D eigenvalue weighted by atomic mass is 32.1. The standard InChI is InChI=1S/C24H25N3O2S/c1-15-11-17(3)20(12-16(15)2)21-14-30-24(25-21)26-23(29)19-8-6-18(7-9-19)13-27-10-4-5-22(27)28/h6-9,11-12,14H,4-5,10,13H2,1-3H3,(H,25,26,29). The normalized spacial score (nSPS) is 13.7. The summed E-state index contributed by atoms with van der Waals surface area (Å²) in [6.45, 7) is 7.69. The highest BCUT2D eigenvalue weighted by Gasteiger charge is 2.20. The maximum Gasteiger partial charge on any atom is 0.257 e. The minimum atomic E-state index is -0.184. The number of carbonyl (C=O) groups excluding carboxylic acids is 2. The molecule has 0 aliphatic carbocycles. The number of amides is 2. The summed E-state index contributed by atoms with van der Waals surface area (Å²) in [7, 11) is 0. The van der Waals surface area contributed by atoms with Crippen molar-refractivity contribution in [2.24, 2.45) is 0 Å². The second-order valence-electron chi connectivity index (χ2n) is 7.86. The molecule has 154 valence electrons. The molecule has 0 unspecified atom stereocenters. The zero-order chi connectivity index (χ0) is 21.3. The zero-order valence-corrected chi connectivity index (χ0v) is 18.3. The van der Waals surface area contributed by atoms with Crippen LogP contribution in [0.25, 0.3) is 11.3 Å². The Bertz CT molecular complexity index is 1100. The van der Waals surface area contributed by atoms with Gasteiger partial charge < -0.3 is 4.90 Å². The second-order valence-corrected chi connectivity index (χ2v) is 8.72. The van der Waals surface area contributed by atoms with Crippen molar-refractivity contribution in [2.75, 3.05) is 11.9 Å². The van der Waals surface area contributed by atoms with E-state index in [4.69, 9.17) is 0 Å². The topological polar surface area (TPSA) is 62.3 Å². The number of rotatable bonds is 5. The number of hydrogen-bond acceptors (Lipinski definition) is 4. The molecular weight excluding hydrogens is 394 g/mol. The fraction of sp³-hybridized carbons (Fsp3) is 0.292. The van der Waals surface area contributed by atoms with Crippen LogP contribution in [0.4, 0.5) is 5.13 Å². The Kier molecular flexibility index (Phi) is 5.68. The van der Waals surface area contributed by atoms with Crippen molar-refractivity contribution in [3.63, 3.8) is 0 Å². The monoisotopic (exact) mass is 419 g/mol. The van der Waals surface area contributed by atoms with Gasteiger partial charge >= 0.3 is 0 Å². The summed E-state index contributed by atoms with van der Waals surface area (Å²) in [5.41, 5.74) is 7.24. The largest absolute Gasteiger partial charge is 0.338 e. The summed E-state index contributed by atoms with van der Waals surface area (Å²) in [6.07, 6.45) is 1.56. The lowest BCUT2D eigenvalue weighted by molar-refractivity contribution is -0.128. The van der Waals surface area contributed by atoms with Gasteiger partial charge in [0.15, 0.2) is 5.13 Å². The van der Waals surface area contributed by atoms with Gasteiger partial charge in [-0.2, -0.15) is 0 Å². The number of aromatic nitrogens is 1. The van der Waals surface area contributed by atoms with Crippen molar-refractivity contribution < 1.29 is 9.59 Å². The Labute approximate surface area is 180 Å². The lowest BCUT2D eigenvalue weighted by Crippen LogP contribution is -2.23. The number of hydrogen-bond donors (Lipinski definition) is 1. The summed E-state index contributed by atoms with van der Waals surface area (Å²) in [5, 5.41) is 5.46. The SMILES string of the molecule is Cc1cc(C)c(-c2csc(NC(=O)c3ccc(CN4CCCC4=O)cc3)n2)cc1C. The number of thiazole rings is 1. The van der Waals surface area contributed by atoms with Gasteiger partial charge in [-0.3, -0.25) is 14.9 Å².